The smallest absolute Gasteiger partial charge is 0.249 e. The first-order valence-electron chi connectivity index (χ1n) is 5.95. The molecule has 0 aliphatic carbocycles. The Kier molecular flexibility index (Phi) is 3.91. The van der Waals surface area contributed by atoms with Crippen molar-refractivity contribution in [3.05, 3.63) is 35.4 Å². The zero-order valence-electron chi connectivity index (χ0n) is 10.1. The summed E-state index contributed by atoms with van der Waals surface area (Å²) in [6.07, 6.45) is 1.10. The lowest BCUT2D eigenvalue weighted by Crippen LogP contribution is -2.36. The molecule has 1 amide bonds. The van der Waals surface area contributed by atoms with E-state index in [0.717, 1.165) is 12.5 Å². The highest BCUT2D eigenvalue weighted by molar-refractivity contribution is 5.81. The maximum Gasteiger partial charge on any atom is 0.249 e. The fourth-order valence-corrected chi connectivity index (χ4v) is 2.02. The van der Waals surface area contributed by atoms with Crippen molar-refractivity contribution in [2.75, 3.05) is 6.61 Å². The molecule has 5 heteroatoms. The van der Waals surface area contributed by atoms with Gasteiger partial charge in [0.25, 0.3) is 0 Å². The van der Waals surface area contributed by atoms with Crippen LogP contribution in [0.15, 0.2) is 18.2 Å². The largest absolute Gasteiger partial charge is 0.368 e. The number of hydrogen-bond acceptors (Lipinski definition) is 2. The highest BCUT2D eigenvalue weighted by Gasteiger charge is 2.25. The summed E-state index contributed by atoms with van der Waals surface area (Å²) in [5.74, 6) is -1.53. The number of ether oxygens (including phenoxy) is 1. The predicted molar refractivity (Wildman–Crippen MR) is 61.9 cm³/mol. The molecule has 98 valence electrons. The van der Waals surface area contributed by atoms with Crippen LogP contribution in [0.4, 0.5) is 8.78 Å². The van der Waals surface area contributed by atoms with Gasteiger partial charge in [-0.15, -0.1) is 0 Å². The third kappa shape index (κ3) is 2.85. The quantitative estimate of drug-likeness (QED) is 0.900. The molecule has 1 N–H and O–H groups in total. The number of nitrogens with one attached hydrogen (secondary N) is 1. The van der Waals surface area contributed by atoms with Gasteiger partial charge >= 0.3 is 0 Å². The van der Waals surface area contributed by atoms with E-state index in [1.54, 1.807) is 6.92 Å². The van der Waals surface area contributed by atoms with Crippen molar-refractivity contribution in [2.45, 2.75) is 31.9 Å². The highest BCUT2D eigenvalue weighted by atomic mass is 19.1. The zero-order chi connectivity index (χ0) is 13.1. The van der Waals surface area contributed by atoms with E-state index in [0.29, 0.717) is 13.0 Å². The lowest BCUT2D eigenvalue weighted by atomic mass is 10.1. The van der Waals surface area contributed by atoms with Crippen molar-refractivity contribution in [2.24, 2.45) is 0 Å². The van der Waals surface area contributed by atoms with E-state index in [1.165, 1.54) is 12.1 Å². The van der Waals surface area contributed by atoms with Crippen molar-refractivity contribution >= 4 is 5.91 Å². The minimum Gasteiger partial charge on any atom is -0.368 e. The summed E-state index contributed by atoms with van der Waals surface area (Å²) in [5.41, 5.74) is 0.266. The molecule has 3 nitrogen and oxygen atoms in total. The summed E-state index contributed by atoms with van der Waals surface area (Å²) in [4.78, 5) is 11.8. The molecule has 1 aromatic rings. The van der Waals surface area contributed by atoms with E-state index in [4.69, 9.17) is 4.74 Å². The third-order valence-electron chi connectivity index (χ3n) is 3.01. The van der Waals surface area contributed by atoms with Gasteiger partial charge in [0.2, 0.25) is 5.91 Å². The van der Waals surface area contributed by atoms with Crippen LogP contribution in [0, 0.1) is 11.6 Å². The van der Waals surface area contributed by atoms with Crippen LogP contribution in [0.2, 0.25) is 0 Å². The fraction of sp³-hybridized carbons (Fsp3) is 0.462. The molecular weight excluding hydrogens is 240 g/mol. The standard InChI is InChI=1S/C13H15F2NO2/c1-8(10-5-4-9(14)7-11(10)15)16-13(17)12-3-2-6-18-12/h4-5,7-8,12H,2-3,6H2,1H3,(H,16,17)/t8-,12-/m0/s1. The molecule has 1 aliphatic rings. The molecule has 1 fully saturated rings. The van der Waals surface area contributed by atoms with Crippen LogP contribution in [0.3, 0.4) is 0 Å². The molecule has 1 aliphatic heterocycles. The first-order chi connectivity index (χ1) is 8.58. The lowest BCUT2D eigenvalue weighted by Gasteiger charge is -2.17. The summed E-state index contributed by atoms with van der Waals surface area (Å²) in [5, 5.41) is 2.67. The normalized spacial score (nSPS) is 20.7. The average molecular weight is 255 g/mol. The van der Waals surface area contributed by atoms with Crippen molar-refractivity contribution in [3.63, 3.8) is 0 Å². The van der Waals surface area contributed by atoms with Gasteiger partial charge < -0.3 is 10.1 Å². The minimum absolute atomic E-state index is 0.247. The third-order valence-corrected chi connectivity index (χ3v) is 3.01. The Labute approximate surface area is 104 Å². The number of rotatable bonds is 3. The van der Waals surface area contributed by atoms with Gasteiger partial charge in [-0.1, -0.05) is 6.07 Å². The van der Waals surface area contributed by atoms with Gasteiger partial charge in [0.1, 0.15) is 17.7 Å². The molecule has 0 unspecified atom stereocenters. The van der Waals surface area contributed by atoms with Crippen LogP contribution in [-0.4, -0.2) is 18.6 Å². The van der Waals surface area contributed by atoms with Gasteiger partial charge in [0.15, 0.2) is 0 Å². The monoisotopic (exact) mass is 255 g/mol. The zero-order valence-corrected chi connectivity index (χ0v) is 10.1. The second-order valence-electron chi connectivity index (χ2n) is 4.40. The van der Waals surface area contributed by atoms with E-state index in [1.807, 2.05) is 0 Å². The number of carbonyl (C=O) groups is 1. The number of benzene rings is 1. The van der Waals surface area contributed by atoms with Gasteiger partial charge in [0, 0.05) is 18.2 Å². The Bertz CT molecular complexity index is 445. The van der Waals surface area contributed by atoms with Crippen LogP contribution in [-0.2, 0) is 9.53 Å². The Balaban J connectivity index is 2.02. The van der Waals surface area contributed by atoms with Crippen molar-refractivity contribution < 1.29 is 18.3 Å². The van der Waals surface area contributed by atoms with Crippen LogP contribution in [0.1, 0.15) is 31.4 Å². The number of carbonyl (C=O) groups excluding carboxylic acids is 1. The van der Waals surface area contributed by atoms with Gasteiger partial charge in [-0.05, 0) is 25.8 Å². The summed E-state index contributed by atoms with van der Waals surface area (Å²) in [6, 6.07) is 2.81. The van der Waals surface area contributed by atoms with E-state index >= 15 is 0 Å². The summed E-state index contributed by atoms with van der Waals surface area (Å²) in [6.45, 7) is 2.24. The van der Waals surface area contributed by atoms with E-state index in [9.17, 15) is 13.6 Å². The average Bonchev–Trinajstić information content (AvgIpc) is 2.81. The van der Waals surface area contributed by atoms with Gasteiger partial charge in [-0.2, -0.15) is 0 Å². The molecule has 2 rings (SSSR count). The SMILES string of the molecule is C[C@H](NC(=O)[C@@H]1CCCO1)c1ccc(F)cc1F. The maximum atomic E-state index is 13.5. The van der Waals surface area contributed by atoms with Crippen LogP contribution >= 0.6 is 0 Å². The topological polar surface area (TPSA) is 38.3 Å². The van der Waals surface area contributed by atoms with Crippen LogP contribution in [0.5, 0.6) is 0 Å². The van der Waals surface area contributed by atoms with Crippen molar-refractivity contribution in [3.8, 4) is 0 Å². The van der Waals surface area contributed by atoms with E-state index in [-0.39, 0.29) is 11.5 Å². The van der Waals surface area contributed by atoms with Gasteiger partial charge in [-0.25, -0.2) is 8.78 Å². The molecular formula is C13H15F2NO2. The molecule has 1 heterocycles. The number of hydrogen-bond donors (Lipinski definition) is 1. The molecule has 0 aromatic heterocycles. The minimum atomic E-state index is -0.657. The Hall–Kier alpha value is -1.49. The molecule has 0 radical (unpaired) electrons. The second-order valence-corrected chi connectivity index (χ2v) is 4.40. The Morgan fingerprint density at radius 1 is 1.50 bits per heavy atom. The Morgan fingerprint density at radius 2 is 2.28 bits per heavy atom. The molecule has 0 spiro atoms. The summed E-state index contributed by atoms with van der Waals surface area (Å²) < 4.78 is 31.5. The molecule has 0 bridgehead atoms. The second kappa shape index (κ2) is 5.44. The summed E-state index contributed by atoms with van der Waals surface area (Å²) in [7, 11) is 0. The van der Waals surface area contributed by atoms with Crippen LogP contribution in [0.25, 0.3) is 0 Å². The first kappa shape index (κ1) is 13.0. The lowest BCUT2D eigenvalue weighted by molar-refractivity contribution is -0.130. The molecule has 18 heavy (non-hydrogen) atoms. The molecule has 1 saturated heterocycles. The maximum absolute atomic E-state index is 13.5. The van der Waals surface area contributed by atoms with Crippen molar-refractivity contribution in [1.29, 1.82) is 0 Å². The fourth-order valence-electron chi connectivity index (χ4n) is 2.02. The number of amides is 1. The van der Waals surface area contributed by atoms with Crippen molar-refractivity contribution in [1.82, 2.24) is 5.32 Å². The number of halogens is 2. The van der Waals surface area contributed by atoms with Gasteiger partial charge in [-0.3, -0.25) is 4.79 Å². The summed E-state index contributed by atoms with van der Waals surface area (Å²) >= 11 is 0. The van der Waals surface area contributed by atoms with E-state index in [2.05, 4.69) is 5.32 Å². The Morgan fingerprint density at radius 3 is 2.89 bits per heavy atom. The first-order valence-corrected chi connectivity index (χ1v) is 5.95. The molecule has 0 saturated carbocycles. The van der Waals surface area contributed by atoms with Gasteiger partial charge in [0.05, 0.1) is 6.04 Å². The molecule has 2 atom stereocenters. The van der Waals surface area contributed by atoms with Crippen LogP contribution < -0.4 is 5.32 Å². The molecule has 1 aromatic carbocycles. The highest BCUT2D eigenvalue weighted by Crippen LogP contribution is 2.19. The van der Waals surface area contributed by atoms with E-state index < -0.39 is 23.8 Å². The predicted octanol–water partition coefficient (Wildman–Crippen LogP) is 2.32.